The van der Waals surface area contributed by atoms with Crippen molar-refractivity contribution in [2.75, 3.05) is 17.7 Å². The third-order valence-electron chi connectivity index (χ3n) is 3.52. The molecule has 2 rings (SSSR count). The summed E-state index contributed by atoms with van der Waals surface area (Å²) in [5.41, 5.74) is 3.05. The number of anilines is 2. The molecule has 0 atom stereocenters. The smallest absolute Gasteiger partial charge is 0.267 e. The summed E-state index contributed by atoms with van der Waals surface area (Å²) in [6.45, 7) is 3.81. The molecule has 0 fully saturated rings. The summed E-state index contributed by atoms with van der Waals surface area (Å²) in [4.78, 5) is 12.3. The number of hydrogen-bond acceptors (Lipinski definition) is 4. The second kappa shape index (κ2) is 8.22. The van der Waals surface area contributed by atoms with Gasteiger partial charge in [-0.1, -0.05) is 23.7 Å². The summed E-state index contributed by atoms with van der Waals surface area (Å²) < 4.78 is 5.26. The first kappa shape index (κ1) is 18.4. The van der Waals surface area contributed by atoms with E-state index in [2.05, 4.69) is 10.6 Å². The van der Waals surface area contributed by atoms with Crippen LogP contribution in [0.2, 0.25) is 5.02 Å². The monoisotopic (exact) mass is 355 g/mol. The molecule has 0 heterocycles. The van der Waals surface area contributed by atoms with E-state index in [1.807, 2.05) is 38.1 Å². The molecule has 0 saturated heterocycles. The number of ether oxygens (including phenoxy) is 1. The van der Waals surface area contributed by atoms with Crippen molar-refractivity contribution in [3.63, 3.8) is 0 Å². The second-order valence-electron chi connectivity index (χ2n) is 5.44. The van der Waals surface area contributed by atoms with Gasteiger partial charge in [-0.3, -0.25) is 4.79 Å². The Balaban J connectivity index is 2.17. The summed E-state index contributed by atoms with van der Waals surface area (Å²) in [6.07, 6.45) is 1.35. The first-order valence-corrected chi connectivity index (χ1v) is 7.91. The van der Waals surface area contributed by atoms with Gasteiger partial charge in [0.15, 0.2) is 0 Å². The third-order valence-corrected chi connectivity index (χ3v) is 3.93. The maximum absolute atomic E-state index is 12.3. The summed E-state index contributed by atoms with van der Waals surface area (Å²) in [5.74, 6) is 0.0893. The highest BCUT2D eigenvalue weighted by Gasteiger charge is 2.11. The van der Waals surface area contributed by atoms with Crippen LogP contribution in [0.5, 0.6) is 5.75 Å². The fourth-order valence-corrected chi connectivity index (χ4v) is 2.28. The van der Waals surface area contributed by atoms with Gasteiger partial charge >= 0.3 is 0 Å². The first-order valence-electron chi connectivity index (χ1n) is 7.53. The lowest BCUT2D eigenvalue weighted by atomic mass is 10.2. The molecule has 0 bridgehead atoms. The minimum atomic E-state index is -0.526. The van der Waals surface area contributed by atoms with Crippen molar-refractivity contribution in [2.24, 2.45) is 0 Å². The molecule has 0 radical (unpaired) electrons. The lowest BCUT2D eigenvalue weighted by Gasteiger charge is -2.10. The molecule has 0 saturated carbocycles. The number of carbonyl (C=O) groups excluding carboxylic acids is 1. The van der Waals surface area contributed by atoms with E-state index in [1.54, 1.807) is 25.3 Å². The molecule has 0 aliphatic carbocycles. The Bertz CT molecular complexity index is 869. The molecular weight excluding hydrogens is 338 g/mol. The molecule has 6 heteroatoms. The zero-order valence-corrected chi connectivity index (χ0v) is 14.9. The average Bonchev–Trinajstić information content (AvgIpc) is 2.59. The molecule has 0 spiro atoms. The SMILES string of the molecule is COc1ccc(C)cc1N/C=C(/C#N)C(=O)Nc1ccc(C)c(Cl)c1. The van der Waals surface area contributed by atoms with Crippen LogP contribution in [0, 0.1) is 25.2 Å². The van der Waals surface area contributed by atoms with Crippen molar-refractivity contribution in [3.8, 4) is 11.8 Å². The Morgan fingerprint density at radius 2 is 2.00 bits per heavy atom. The van der Waals surface area contributed by atoms with Crippen LogP contribution in [0.1, 0.15) is 11.1 Å². The van der Waals surface area contributed by atoms with E-state index in [9.17, 15) is 10.1 Å². The largest absolute Gasteiger partial charge is 0.495 e. The quantitative estimate of drug-likeness (QED) is 0.615. The van der Waals surface area contributed by atoms with Crippen LogP contribution in [0.3, 0.4) is 0 Å². The zero-order chi connectivity index (χ0) is 18.4. The molecule has 5 nitrogen and oxygen atoms in total. The second-order valence-corrected chi connectivity index (χ2v) is 5.84. The van der Waals surface area contributed by atoms with Crippen LogP contribution in [-0.4, -0.2) is 13.0 Å². The van der Waals surface area contributed by atoms with Gasteiger partial charge in [0.1, 0.15) is 17.4 Å². The molecule has 2 N–H and O–H groups in total. The maximum Gasteiger partial charge on any atom is 0.267 e. The van der Waals surface area contributed by atoms with Crippen molar-refractivity contribution in [2.45, 2.75) is 13.8 Å². The van der Waals surface area contributed by atoms with Gasteiger partial charge in [0, 0.05) is 16.9 Å². The Morgan fingerprint density at radius 1 is 1.24 bits per heavy atom. The average molecular weight is 356 g/mol. The van der Waals surface area contributed by atoms with Gasteiger partial charge in [0.05, 0.1) is 12.8 Å². The highest BCUT2D eigenvalue weighted by molar-refractivity contribution is 6.31. The highest BCUT2D eigenvalue weighted by atomic mass is 35.5. The number of halogens is 1. The van der Waals surface area contributed by atoms with Gasteiger partial charge in [-0.25, -0.2) is 0 Å². The lowest BCUT2D eigenvalue weighted by Crippen LogP contribution is -2.14. The molecule has 0 unspecified atom stereocenters. The van der Waals surface area contributed by atoms with E-state index in [0.717, 1.165) is 11.1 Å². The van der Waals surface area contributed by atoms with Gasteiger partial charge < -0.3 is 15.4 Å². The van der Waals surface area contributed by atoms with E-state index < -0.39 is 5.91 Å². The van der Waals surface area contributed by atoms with Gasteiger partial charge in [-0.15, -0.1) is 0 Å². The van der Waals surface area contributed by atoms with Crippen LogP contribution >= 0.6 is 11.6 Å². The summed E-state index contributed by atoms with van der Waals surface area (Å²) in [6, 6.07) is 12.6. The Labute approximate surface area is 151 Å². The lowest BCUT2D eigenvalue weighted by molar-refractivity contribution is -0.112. The van der Waals surface area contributed by atoms with Crippen molar-refractivity contribution in [1.29, 1.82) is 5.26 Å². The van der Waals surface area contributed by atoms with Crippen molar-refractivity contribution < 1.29 is 9.53 Å². The highest BCUT2D eigenvalue weighted by Crippen LogP contribution is 2.25. The topological polar surface area (TPSA) is 74.1 Å². The molecular formula is C19H18ClN3O2. The fourth-order valence-electron chi connectivity index (χ4n) is 2.10. The van der Waals surface area contributed by atoms with Gasteiger partial charge in [0.2, 0.25) is 0 Å². The Kier molecular flexibility index (Phi) is 6.04. The van der Waals surface area contributed by atoms with Crippen LogP contribution in [0.4, 0.5) is 11.4 Å². The molecule has 1 amide bonds. The number of amides is 1. The van der Waals surface area contributed by atoms with Crippen LogP contribution < -0.4 is 15.4 Å². The Hall–Kier alpha value is -2.97. The number of carbonyl (C=O) groups is 1. The van der Waals surface area contributed by atoms with E-state index in [4.69, 9.17) is 16.3 Å². The van der Waals surface area contributed by atoms with E-state index in [1.165, 1.54) is 6.20 Å². The number of hydrogen-bond donors (Lipinski definition) is 2. The van der Waals surface area contributed by atoms with Crippen LogP contribution in [0.15, 0.2) is 48.2 Å². The standard InChI is InChI=1S/C19H18ClN3O2/c1-12-4-7-18(25-3)17(8-12)22-11-14(10-21)19(24)23-15-6-5-13(2)16(20)9-15/h4-9,11,22H,1-3H3,(H,23,24)/b14-11-. The Morgan fingerprint density at radius 3 is 2.64 bits per heavy atom. The summed E-state index contributed by atoms with van der Waals surface area (Å²) in [7, 11) is 1.55. The number of rotatable bonds is 5. The summed E-state index contributed by atoms with van der Waals surface area (Å²) in [5, 5.41) is 15.4. The van der Waals surface area contributed by atoms with Crippen LogP contribution in [0.25, 0.3) is 0 Å². The van der Waals surface area contributed by atoms with Gasteiger partial charge in [0.25, 0.3) is 5.91 Å². The van der Waals surface area contributed by atoms with E-state index >= 15 is 0 Å². The van der Waals surface area contributed by atoms with Crippen molar-refractivity contribution in [3.05, 3.63) is 64.3 Å². The minimum absolute atomic E-state index is 0.0692. The maximum atomic E-state index is 12.3. The normalized spacial score (nSPS) is 10.8. The number of aryl methyl sites for hydroxylation is 2. The van der Waals surface area contributed by atoms with E-state index in [-0.39, 0.29) is 5.57 Å². The molecule has 0 aromatic heterocycles. The molecule has 25 heavy (non-hydrogen) atoms. The number of methoxy groups -OCH3 is 1. The zero-order valence-electron chi connectivity index (χ0n) is 14.2. The predicted molar refractivity (Wildman–Crippen MR) is 99.9 cm³/mol. The van der Waals surface area contributed by atoms with Crippen molar-refractivity contribution in [1.82, 2.24) is 0 Å². The molecule has 128 valence electrons. The molecule has 0 aliphatic rings. The molecule has 2 aromatic carbocycles. The van der Waals surface area contributed by atoms with Gasteiger partial charge in [-0.2, -0.15) is 5.26 Å². The van der Waals surface area contributed by atoms with E-state index in [0.29, 0.717) is 22.1 Å². The number of nitrogens with one attached hydrogen (secondary N) is 2. The summed E-state index contributed by atoms with van der Waals surface area (Å²) >= 11 is 6.04. The fraction of sp³-hybridized carbons (Fsp3) is 0.158. The minimum Gasteiger partial charge on any atom is -0.495 e. The van der Waals surface area contributed by atoms with Crippen molar-refractivity contribution >= 4 is 28.9 Å². The predicted octanol–water partition coefficient (Wildman–Crippen LogP) is 4.42. The molecule has 0 aliphatic heterocycles. The number of nitriles is 1. The third kappa shape index (κ3) is 4.75. The number of benzene rings is 2. The molecule has 2 aromatic rings. The van der Waals surface area contributed by atoms with Crippen LogP contribution in [-0.2, 0) is 4.79 Å². The first-order chi connectivity index (χ1) is 11.9. The number of nitrogens with zero attached hydrogens (tertiary/aromatic N) is 1. The van der Waals surface area contributed by atoms with Gasteiger partial charge in [-0.05, 0) is 49.2 Å².